The maximum atomic E-state index is 15.6. The molecule has 0 bridgehead atoms. The smallest absolute Gasteiger partial charge is 0.245 e. The Labute approximate surface area is 261 Å². The van der Waals surface area contributed by atoms with Gasteiger partial charge < -0.3 is 20.6 Å². The molecule has 2 amide bonds. The summed E-state index contributed by atoms with van der Waals surface area (Å²) in [6.07, 6.45) is 5.21. The largest absolute Gasteiger partial charge is 0.385 e. The Morgan fingerprint density at radius 2 is 1.70 bits per heavy atom. The molecule has 4 atom stereocenters. The van der Waals surface area contributed by atoms with Gasteiger partial charge in [-0.15, -0.1) is 0 Å². The van der Waals surface area contributed by atoms with E-state index < -0.39 is 17.7 Å². The summed E-state index contributed by atoms with van der Waals surface area (Å²) in [4.78, 5) is 31.0. The van der Waals surface area contributed by atoms with E-state index in [4.69, 9.17) is 5.73 Å². The van der Waals surface area contributed by atoms with E-state index in [2.05, 4.69) is 6.92 Å². The fourth-order valence-electron chi connectivity index (χ4n) is 7.30. The predicted octanol–water partition coefficient (Wildman–Crippen LogP) is 5.84. The van der Waals surface area contributed by atoms with Crippen LogP contribution in [-0.2, 0) is 28.0 Å². The summed E-state index contributed by atoms with van der Waals surface area (Å²) in [5, 5.41) is 12.5. The van der Waals surface area contributed by atoms with Crippen molar-refractivity contribution >= 4 is 11.8 Å². The van der Waals surface area contributed by atoms with Crippen molar-refractivity contribution in [2.45, 2.75) is 82.9 Å². The fourth-order valence-corrected chi connectivity index (χ4v) is 7.30. The van der Waals surface area contributed by atoms with Crippen molar-refractivity contribution in [3.63, 3.8) is 0 Å². The van der Waals surface area contributed by atoms with E-state index in [1.54, 1.807) is 11.0 Å². The monoisotopic (exact) mass is 599 g/mol. The molecule has 2 aliphatic heterocycles. The highest BCUT2D eigenvalue weighted by atomic mass is 19.1. The first kappa shape index (κ1) is 31.9. The van der Waals surface area contributed by atoms with E-state index in [-0.39, 0.29) is 23.5 Å². The minimum Gasteiger partial charge on any atom is -0.385 e. The molecule has 2 unspecified atom stereocenters. The first-order chi connectivity index (χ1) is 21.3. The molecule has 0 aromatic heterocycles. The van der Waals surface area contributed by atoms with Gasteiger partial charge >= 0.3 is 0 Å². The zero-order valence-electron chi connectivity index (χ0n) is 26.1. The number of piperidine rings is 1. The molecule has 44 heavy (non-hydrogen) atoms. The van der Waals surface area contributed by atoms with Crippen LogP contribution >= 0.6 is 0 Å². The van der Waals surface area contributed by atoms with Crippen molar-refractivity contribution in [1.29, 1.82) is 0 Å². The van der Waals surface area contributed by atoms with Gasteiger partial charge in [-0.3, -0.25) is 9.59 Å². The molecule has 0 radical (unpaired) electrons. The van der Waals surface area contributed by atoms with E-state index in [1.807, 2.05) is 72.5 Å². The molecule has 3 N–H and O–H groups in total. The molecular weight excluding hydrogens is 553 g/mol. The van der Waals surface area contributed by atoms with Crippen molar-refractivity contribution in [1.82, 2.24) is 9.80 Å². The lowest BCUT2D eigenvalue weighted by Gasteiger charge is -2.44. The van der Waals surface area contributed by atoms with Crippen LogP contribution in [0.3, 0.4) is 0 Å². The minimum atomic E-state index is -1.32. The summed E-state index contributed by atoms with van der Waals surface area (Å²) in [6.45, 7) is 5.53. The van der Waals surface area contributed by atoms with E-state index in [9.17, 15) is 14.7 Å². The lowest BCUT2D eigenvalue weighted by atomic mass is 9.72. The number of carbonyl (C=O) groups excluding carboxylic acids is 2. The second-order valence-electron chi connectivity index (χ2n) is 12.5. The van der Waals surface area contributed by atoms with Gasteiger partial charge in [-0.05, 0) is 73.3 Å². The van der Waals surface area contributed by atoms with Crippen LogP contribution in [-0.4, -0.2) is 58.4 Å². The van der Waals surface area contributed by atoms with Gasteiger partial charge in [0, 0.05) is 31.1 Å². The van der Waals surface area contributed by atoms with E-state index in [0.717, 1.165) is 42.4 Å². The number of rotatable bonds is 10. The molecule has 234 valence electrons. The molecule has 0 aliphatic carbocycles. The van der Waals surface area contributed by atoms with E-state index in [1.165, 1.54) is 6.07 Å². The average Bonchev–Trinajstić information content (AvgIpc) is 3.54. The molecule has 5 rings (SSSR count). The topological polar surface area (TPSA) is 86.9 Å². The van der Waals surface area contributed by atoms with Gasteiger partial charge in [0.2, 0.25) is 11.8 Å². The number of nitrogens with two attached hydrogens (primary N) is 1. The average molecular weight is 600 g/mol. The molecule has 2 saturated heterocycles. The second kappa shape index (κ2) is 14.0. The normalized spacial score (nSPS) is 20.8. The van der Waals surface area contributed by atoms with Crippen molar-refractivity contribution in [3.05, 3.63) is 95.3 Å². The molecule has 3 aromatic rings. The van der Waals surface area contributed by atoms with Gasteiger partial charge in [-0.1, -0.05) is 87.0 Å². The standard InChI is InChI=1S/C37H46FN3O3/c1-3-20-37(44,30-17-9-18-31(38)34(30)28-15-8-14-26(4-2)23-28)29-16-10-21-40(25-29)36(43)33-19-11-22-41(33)35(42)32(39)24-27-12-6-5-7-13-27/h5-9,12-15,17-18,23,29,32-33,44H,3-4,10-11,16,19-22,24-25,39H2,1-2H3/t29?,32-,33-,37?/m0/s1. The highest BCUT2D eigenvalue weighted by Crippen LogP contribution is 2.44. The van der Waals surface area contributed by atoms with Crippen LogP contribution in [0.1, 0.15) is 69.1 Å². The third kappa shape index (κ3) is 6.59. The Morgan fingerprint density at radius 1 is 0.977 bits per heavy atom. The summed E-state index contributed by atoms with van der Waals surface area (Å²) >= 11 is 0. The maximum absolute atomic E-state index is 15.6. The number of carbonyl (C=O) groups is 2. The zero-order chi connectivity index (χ0) is 31.3. The van der Waals surface area contributed by atoms with Crippen LogP contribution in [0.5, 0.6) is 0 Å². The third-order valence-corrected chi connectivity index (χ3v) is 9.58. The molecule has 0 saturated carbocycles. The van der Waals surface area contributed by atoms with E-state index in [0.29, 0.717) is 56.4 Å². The summed E-state index contributed by atoms with van der Waals surface area (Å²) < 4.78 is 15.6. The quantitative estimate of drug-likeness (QED) is 0.307. The number of benzene rings is 3. The van der Waals surface area contributed by atoms with Gasteiger partial charge in [0.05, 0.1) is 11.6 Å². The first-order valence-electron chi connectivity index (χ1n) is 16.3. The van der Waals surface area contributed by atoms with Gasteiger partial charge in [-0.25, -0.2) is 4.39 Å². The number of likely N-dealkylation sites (tertiary alicyclic amines) is 2. The Morgan fingerprint density at radius 3 is 2.45 bits per heavy atom. The molecular formula is C37H46FN3O3. The van der Waals surface area contributed by atoms with Crippen LogP contribution in [0.15, 0.2) is 72.8 Å². The molecule has 7 heteroatoms. The number of aliphatic hydroxyl groups is 1. The van der Waals surface area contributed by atoms with Crippen LogP contribution in [0, 0.1) is 11.7 Å². The number of amides is 2. The molecule has 6 nitrogen and oxygen atoms in total. The highest BCUT2D eigenvalue weighted by Gasteiger charge is 2.45. The maximum Gasteiger partial charge on any atom is 0.245 e. The first-order valence-corrected chi connectivity index (χ1v) is 16.3. The summed E-state index contributed by atoms with van der Waals surface area (Å²) in [6, 6.07) is 21.3. The number of halogens is 1. The van der Waals surface area contributed by atoms with Crippen LogP contribution in [0.4, 0.5) is 4.39 Å². The summed E-state index contributed by atoms with van der Waals surface area (Å²) in [5.41, 5.74) is 8.89. The Bertz CT molecular complexity index is 1450. The fraction of sp³-hybridized carbons (Fsp3) is 0.459. The zero-order valence-corrected chi connectivity index (χ0v) is 26.1. The molecule has 3 aromatic carbocycles. The van der Waals surface area contributed by atoms with E-state index >= 15 is 4.39 Å². The Balaban J connectivity index is 1.38. The van der Waals surface area contributed by atoms with Gasteiger partial charge in [0.25, 0.3) is 0 Å². The predicted molar refractivity (Wildman–Crippen MR) is 172 cm³/mol. The highest BCUT2D eigenvalue weighted by molar-refractivity contribution is 5.90. The van der Waals surface area contributed by atoms with Crippen molar-refractivity contribution in [2.75, 3.05) is 19.6 Å². The van der Waals surface area contributed by atoms with Crippen molar-refractivity contribution in [2.24, 2.45) is 11.7 Å². The van der Waals surface area contributed by atoms with Gasteiger partial charge in [0.15, 0.2) is 0 Å². The number of aryl methyl sites for hydroxylation is 1. The second-order valence-corrected chi connectivity index (χ2v) is 12.5. The van der Waals surface area contributed by atoms with Crippen LogP contribution in [0.25, 0.3) is 11.1 Å². The van der Waals surface area contributed by atoms with Gasteiger partial charge in [0.1, 0.15) is 11.9 Å². The van der Waals surface area contributed by atoms with Crippen LogP contribution < -0.4 is 5.73 Å². The number of nitrogens with zero attached hydrogens (tertiary/aromatic N) is 2. The molecule has 2 heterocycles. The SMILES string of the molecule is CCCC(O)(c1cccc(F)c1-c1cccc(CC)c1)C1CCCN(C(=O)[C@@H]2CCCN2C(=O)[C@@H](N)Cc2ccccc2)C1. The lowest BCUT2D eigenvalue weighted by molar-refractivity contribution is -0.147. The third-order valence-electron chi connectivity index (χ3n) is 9.58. The lowest BCUT2D eigenvalue weighted by Crippen LogP contribution is -2.55. The molecule has 0 spiro atoms. The van der Waals surface area contributed by atoms with Crippen molar-refractivity contribution < 1.29 is 19.1 Å². The van der Waals surface area contributed by atoms with Gasteiger partial charge in [-0.2, -0.15) is 0 Å². The van der Waals surface area contributed by atoms with Crippen molar-refractivity contribution in [3.8, 4) is 11.1 Å². The summed E-state index contributed by atoms with van der Waals surface area (Å²) in [7, 11) is 0. The molecule has 2 fully saturated rings. The summed E-state index contributed by atoms with van der Waals surface area (Å²) in [5.74, 6) is -0.914. The number of hydrogen-bond donors (Lipinski definition) is 2. The number of hydrogen-bond acceptors (Lipinski definition) is 4. The Kier molecular flexibility index (Phi) is 10.2. The Hall–Kier alpha value is -3.55. The molecule has 2 aliphatic rings. The van der Waals surface area contributed by atoms with Crippen LogP contribution in [0.2, 0.25) is 0 Å². The minimum absolute atomic E-state index is 0.0820.